The van der Waals surface area contributed by atoms with Crippen molar-refractivity contribution in [1.29, 1.82) is 0 Å². The van der Waals surface area contributed by atoms with Crippen LogP contribution in [0.3, 0.4) is 0 Å². The Labute approximate surface area is 127 Å². The maximum atomic E-state index is 5.71. The molecule has 0 saturated heterocycles. The molecule has 112 valence electrons. The maximum Gasteiger partial charge on any atom is 0.228 e. The van der Waals surface area contributed by atoms with E-state index in [9.17, 15) is 0 Å². The summed E-state index contributed by atoms with van der Waals surface area (Å²) in [5.41, 5.74) is 6.59. The molecule has 0 aliphatic rings. The lowest BCUT2D eigenvalue weighted by atomic mass is 10.1. The summed E-state index contributed by atoms with van der Waals surface area (Å²) in [5.74, 6) is 1.84. The second kappa shape index (κ2) is 6.94. The number of nitrogens with two attached hydrogens (primary N) is 1. The number of benzene rings is 1. The number of nitrogens with zero attached hydrogens (tertiary/aromatic N) is 3. The van der Waals surface area contributed by atoms with Crippen molar-refractivity contribution in [2.24, 2.45) is 0 Å². The number of methoxy groups -OCH3 is 2. The van der Waals surface area contributed by atoms with E-state index in [1.807, 2.05) is 18.2 Å². The third kappa shape index (κ3) is 4.09. The predicted octanol–water partition coefficient (Wildman–Crippen LogP) is 1.78. The molecule has 0 radical (unpaired) electrons. The van der Waals surface area contributed by atoms with Gasteiger partial charge in [0, 0.05) is 6.54 Å². The van der Waals surface area contributed by atoms with E-state index in [2.05, 4.69) is 20.3 Å². The molecule has 0 bridgehead atoms. The predicted molar refractivity (Wildman–Crippen MR) is 81.0 cm³/mol. The molecule has 8 heteroatoms. The van der Waals surface area contributed by atoms with E-state index in [1.165, 1.54) is 0 Å². The van der Waals surface area contributed by atoms with Crippen LogP contribution in [-0.2, 0) is 6.42 Å². The number of rotatable bonds is 6. The zero-order chi connectivity index (χ0) is 15.2. The first-order valence-electron chi connectivity index (χ1n) is 6.24. The van der Waals surface area contributed by atoms with E-state index in [0.29, 0.717) is 24.0 Å². The van der Waals surface area contributed by atoms with Crippen LogP contribution in [0.5, 0.6) is 11.5 Å². The molecule has 0 fully saturated rings. The number of hydrogen-bond acceptors (Lipinski definition) is 7. The molecule has 0 aliphatic heterocycles. The van der Waals surface area contributed by atoms with Crippen molar-refractivity contribution < 1.29 is 9.47 Å². The monoisotopic (exact) mass is 309 g/mol. The van der Waals surface area contributed by atoms with Gasteiger partial charge in [0.05, 0.1) is 14.2 Å². The molecule has 0 spiro atoms. The van der Waals surface area contributed by atoms with E-state index in [-0.39, 0.29) is 11.2 Å². The summed E-state index contributed by atoms with van der Waals surface area (Å²) in [4.78, 5) is 11.6. The van der Waals surface area contributed by atoms with Gasteiger partial charge in [-0.1, -0.05) is 6.07 Å². The van der Waals surface area contributed by atoms with Gasteiger partial charge in [0.2, 0.25) is 17.2 Å². The van der Waals surface area contributed by atoms with E-state index in [4.69, 9.17) is 26.8 Å². The molecular weight excluding hydrogens is 294 g/mol. The first-order valence-corrected chi connectivity index (χ1v) is 6.62. The van der Waals surface area contributed by atoms with E-state index >= 15 is 0 Å². The first kappa shape index (κ1) is 15.1. The summed E-state index contributed by atoms with van der Waals surface area (Å²) < 4.78 is 10.5. The van der Waals surface area contributed by atoms with Gasteiger partial charge < -0.3 is 20.5 Å². The van der Waals surface area contributed by atoms with Gasteiger partial charge in [-0.2, -0.15) is 15.0 Å². The normalized spacial score (nSPS) is 10.2. The topological polar surface area (TPSA) is 95.2 Å². The Bertz CT molecular complexity index is 603. The van der Waals surface area contributed by atoms with Crippen LogP contribution in [-0.4, -0.2) is 35.7 Å². The molecule has 0 aliphatic carbocycles. The van der Waals surface area contributed by atoms with Crippen LogP contribution in [0, 0.1) is 0 Å². The number of halogens is 1. The van der Waals surface area contributed by atoms with Crippen LogP contribution in [0.1, 0.15) is 5.56 Å². The van der Waals surface area contributed by atoms with Crippen molar-refractivity contribution in [2.45, 2.75) is 6.42 Å². The number of hydrogen-bond donors (Lipinski definition) is 2. The van der Waals surface area contributed by atoms with Crippen molar-refractivity contribution in [3.63, 3.8) is 0 Å². The zero-order valence-electron chi connectivity index (χ0n) is 11.8. The van der Waals surface area contributed by atoms with Crippen molar-refractivity contribution >= 4 is 23.5 Å². The van der Waals surface area contributed by atoms with Crippen LogP contribution >= 0.6 is 11.6 Å². The zero-order valence-corrected chi connectivity index (χ0v) is 12.5. The second-order valence-electron chi connectivity index (χ2n) is 4.15. The fraction of sp³-hybridized carbons (Fsp3) is 0.308. The second-order valence-corrected chi connectivity index (χ2v) is 4.49. The maximum absolute atomic E-state index is 5.71. The van der Waals surface area contributed by atoms with Gasteiger partial charge in [-0.15, -0.1) is 0 Å². The van der Waals surface area contributed by atoms with Gasteiger partial charge in [-0.3, -0.25) is 0 Å². The lowest BCUT2D eigenvalue weighted by molar-refractivity contribution is 0.354. The van der Waals surface area contributed by atoms with Gasteiger partial charge in [0.25, 0.3) is 0 Å². The number of nitrogens with one attached hydrogen (secondary N) is 1. The van der Waals surface area contributed by atoms with Crippen molar-refractivity contribution in [2.75, 3.05) is 31.8 Å². The molecule has 0 atom stereocenters. The summed E-state index contributed by atoms with van der Waals surface area (Å²) in [6.45, 7) is 0.620. The Kier molecular flexibility index (Phi) is 4.99. The molecular formula is C13H16ClN5O2. The molecule has 0 amide bonds. The smallest absolute Gasteiger partial charge is 0.228 e. The Balaban J connectivity index is 1.97. The van der Waals surface area contributed by atoms with Crippen molar-refractivity contribution in [1.82, 2.24) is 15.0 Å². The fourth-order valence-electron chi connectivity index (χ4n) is 1.80. The highest BCUT2D eigenvalue weighted by molar-refractivity contribution is 6.28. The Hall–Kier alpha value is -2.28. The van der Waals surface area contributed by atoms with Gasteiger partial charge >= 0.3 is 0 Å². The summed E-state index contributed by atoms with van der Waals surface area (Å²) in [6.07, 6.45) is 0.754. The summed E-state index contributed by atoms with van der Waals surface area (Å²) in [5, 5.41) is 3.11. The summed E-state index contributed by atoms with van der Waals surface area (Å²) in [7, 11) is 3.21. The molecule has 2 aromatic rings. The standard InChI is InChI=1S/C13H16ClN5O2/c1-20-9-4-3-8(7-10(9)21-2)5-6-16-13-18-11(14)17-12(15)19-13/h3-4,7H,5-6H2,1-2H3,(H3,15,16,17,18,19). The molecule has 2 rings (SSSR count). The SMILES string of the molecule is COc1ccc(CCNc2nc(N)nc(Cl)n2)cc1OC. The highest BCUT2D eigenvalue weighted by Gasteiger charge is 2.05. The molecule has 0 saturated carbocycles. The molecule has 7 nitrogen and oxygen atoms in total. The number of aromatic nitrogens is 3. The van der Waals surface area contributed by atoms with Gasteiger partial charge in [0.15, 0.2) is 11.5 Å². The third-order valence-electron chi connectivity index (χ3n) is 2.77. The minimum atomic E-state index is 0.0658. The molecule has 1 heterocycles. The van der Waals surface area contributed by atoms with Crippen molar-refractivity contribution in [3.05, 3.63) is 29.0 Å². The Morgan fingerprint density at radius 1 is 1.14 bits per heavy atom. The molecule has 1 aromatic carbocycles. The summed E-state index contributed by atoms with van der Waals surface area (Å²) in [6, 6.07) is 5.76. The van der Waals surface area contributed by atoms with Crippen LogP contribution in [0.4, 0.5) is 11.9 Å². The quantitative estimate of drug-likeness (QED) is 0.839. The third-order valence-corrected chi connectivity index (χ3v) is 2.94. The molecule has 1 aromatic heterocycles. The fourth-order valence-corrected chi connectivity index (χ4v) is 1.97. The van der Waals surface area contributed by atoms with Gasteiger partial charge in [-0.05, 0) is 35.7 Å². The van der Waals surface area contributed by atoms with Crippen molar-refractivity contribution in [3.8, 4) is 11.5 Å². The van der Waals surface area contributed by atoms with E-state index in [1.54, 1.807) is 14.2 Å². The number of anilines is 2. The number of ether oxygens (including phenoxy) is 2. The van der Waals surface area contributed by atoms with Crippen LogP contribution < -0.4 is 20.5 Å². The van der Waals surface area contributed by atoms with Gasteiger partial charge in [-0.25, -0.2) is 0 Å². The van der Waals surface area contributed by atoms with E-state index in [0.717, 1.165) is 12.0 Å². The Morgan fingerprint density at radius 3 is 2.57 bits per heavy atom. The highest BCUT2D eigenvalue weighted by Crippen LogP contribution is 2.27. The lowest BCUT2D eigenvalue weighted by Gasteiger charge is -2.10. The lowest BCUT2D eigenvalue weighted by Crippen LogP contribution is -2.10. The van der Waals surface area contributed by atoms with Gasteiger partial charge in [0.1, 0.15) is 0 Å². The summed E-state index contributed by atoms with van der Waals surface area (Å²) >= 11 is 5.71. The molecule has 3 N–H and O–H groups in total. The minimum Gasteiger partial charge on any atom is -0.493 e. The number of nitrogen functional groups attached to an aromatic ring is 1. The minimum absolute atomic E-state index is 0.0658. The largest absolute Gasteiger partial charge is 0.493 e. The highest BCUT2D eigenvalue weighted by atomic mass is 35.5. The first-order chi connectivity index (χ1) is 10.1. The van der Waals surface area contributed by atoms with Crippen LogP contribution in [0.15, 0.2) is 18.2 Å². The van der Waals surface area contributed by atoms with E-state index < -0.39 is 0 Å². The van der Waals surface area contributed by atoms with Crippen LogP contribution in [0.25, 0.3) is 0 Å². The molecule has 0 unspecified atom stereocenters. The van der Waals surface area contributed by atoms with Crippen LogP contribution in [0.2, 0.25) is 5.28 Å². The Morgan fingerprint density at radius 2 is 1.90 bits per heavy atom. The average Bonchev–Trinajstić information content (AvgIpc) is 2.46. The average molecular weight is 310 g/mol. The molecule has 21 heavy (non-hydrogen) atoms.